The Morgan fingerprint density at radius 2 is 1.92 bits per heavy atom. The van der Waals surface area contributed by atoms with Gasteiger partial charge in [0.25, 0.3) is 0 Å². The lowest BCUT2D eigenvalue weighted by Crippen LogP contribution is -2.07. The Morgan fingerprint density at radius 3 is 2.33 bits per heavy atom. The molecule has 0 saturated heterocycles. The molecule has 0 N–H and O–H groups in total. The van der Waals surface area contributed by atoms with Crippen LogP contribution in [0, 0.1) is 5.95 Å². The van der Waals surface area contributed by atoms with Gasteiger partial charge in [0.2, 0.25) is 5.95 Å². The standard InChI is InChI=1S/C6H3F4NS/c7-5-4(12)3(1-2-11-5)6(8,9)10/h1-2,12H. The van der Waals surface area contributed by atoms with Gasteiger partial charge in [-0.1, -0.05) is 0 Å². The van der Waals surface area contributed by atoms with Crippen molar-refractivity contribution in [2.75, 3.05) is 0 Å². The lowest BCUT2D eigenvalue weighted by atomic mass is 10.2. The highest BCUT2D eigenvalue weighted by Gasteiger charge is 2.33. The van der Waals surface area contributed by atoms with Crippen LogP contribution in [-0.2, 0) is 6.18 Å². The summed E-state index contributed by atoms with van der Waals surface area (Å²) in [4.78, 5) is 2.24. The molecule has 66 valence electrons. The SMILES string of the molecule is Fc1nccc(C(F)(F)F)c1S. The second-order valence-corrected chi connectivity index (χ2v) is 2.44. The van der Waals surface area contributed by atoms with E-state index in [1.807, 2.05) is 0 Å². The highest BCUT2D eigenvalue weighted by Crippen LogP contribution is 2.33. The number of halogens is 4. The molecule has 0 spiro atoms. The Morgan fingerprint density at radius 1 is 1.33 bits per heavy atom. The summed E-state index contributed by atoms with van der Waals surface area (Å²) in [5.74, 6) is -1.21. The first-order chi connectivity index (χ1) is 5.43. The molecule has 1 rings (SSSR count). The number of nitrogens with zero attached hydrogens (tertiary/aromatic N) is 1. The molecule has 12 heavy (non-hydrogen) atoms. The van der Waals surface area contributed by atoms with Crippen LogP contribution in [0.25, 0.3) is 0 Å². The van der Waals surface area contributed by atoms with Gasteiger partial charge in [-0.05, 0) is 6.07 Å². The van der Waals surface area contributed by atoms with E-state index in [0.29, 0.717) is 6.07 Å². The Labute approximate surface area is 70.8 Å². The van der Waals surface area contributed by atoms with Gasteiger partial charge in [-0.3, -0.25) is 0 Å². The molecule has 0 saturated carbocycles. The van der Waals surface area contributed by atoms with E-state index in [1.54, 1.807) is 0 Å². The predicted octanol–water partition coefficient (Wildman–Crippen LogP) is 2.53. The molecule has 1 aromatic heterocycles. The van der Waals surface area contributed by atoms with Gasteiger partial charge in [0.1, 0.15) is 0 Å². The van der Waals surface area contributed by atoms with E-state index in [0.717, 1.165) is 6.20 Å². The molecule has 0 fully saturated rings. The zero-order valence-corrected chi connectivity index (χ0v) is 6.46. The first-order valence-electron chi connectivity index (χ1n) is 2.83. The van der Waals surface area contributed by atoms with E-state index in [9.17, 15) is 17.6 Å². The van der Waals surface area contributed by atoms with Crippen LogP contribution in [0.15, 0.2) is 17.2 Å². The molecule has 0 unspecified atom stereocenters. The van der Waals surface area contributed by atoms with Crippen LogP contribution in [0.5, 0.6) is 0 Å². The molecule has 0 atom stereocenters. The predicted molar refractivity (Wildman–Crippen MR) is 36.4 cm³/mol. The normalized spacial score (nSPS) is 11.8. The van der Waals surface area contributed by atoms with Gasteiger partial charge in [-0.2, -0.15) is 17.6 Å². The van der Waals surface area contributed by atoms with Gasteiger partial charge in [-0.25, -0.2) is 4.98 Å². The summed E-state index contributed by atoms with van der Waals surface area (Å²) in [6.07, 6.45) is -3.83. The first-order valence-corrected chi connectivity index (χ1v) is 3.28. The number of aromatic nitrogens is 1. The summed E-state index contributed by atoms with van der Waals surface area (Å²) in [5, 5.41) is 0. The third kappa shape index (κ3) is 1.69. The van der Waals surface area contributed by atoms with Crippen LogP contribution in [-0.4, -0.2) is 4.98 Å². The lowest BCUT2D eigenvalue weighted by molar-refractivity contribution is -0.140. The zero-order valence-electron chi connectivity index (χ0n) is 5.56. The van der Waals surface area contributed by atoms with Crippen molar-refractivity contribution in [1.29, 1.82) is 0 Å². The van der Waals surface area contributed by atoms with Crippen LogP contribution in [0.3, 0.4) is 0 Å². The molecule has 6 heteroatoms. The molecule has 0 aromatic carbocycles. The molecule has 1 heterocycles. The number of alkyl halides is 3. The largest absolute Gasteiger partial charge is 0.417 e. The van der Waals surface area contributed by atoms with E-state index < -0.39 is 22.6 Å². The molecule has 1 nitrogen and oxygen atoms in total. The minimum absolute atomic E-state index is 0.672. The molecule has 0 aliphatic carbocycles. The third-order valence-electron chi connectivity index (χ3n) is 1.19. The van der Waals surface area contributed by atoms with Crippen LogP contribution in [0.1, 0.15) is 5.56 Å². The monoisotopic (exact) mass is 197 g/mol. The van der Waals surface area contributed by atoms with Crippen molar-refractivity contribution < 1.29 is 17.6 Å². The minimum atomic E-state index is -4.58. The molecular weight excluding hydrogens is 194 g/mol. The summed E-state index contributed by atoms with van der Waals surface area (Å²) in [6, 6.07) is 0.672. The van der Waals surface area contributed by atoms with Crippen LogP contribution in [0.2, 0.25) is 0 Å². The van der Waals surface area contributed by atoms with E-state index >= 15 is 0 Å². The fraction of sp³-hybridized carbons (Fsp3) is 0.167. The fourth-order valence-corrected chi connectivity index (χ4v) is 0.916. The first kappa shape index (κ1) is 9.31. The van der Waals surface area contributed by atoms with Gasteiger partial charge in [0.15, 0.2) is 0 Å². The Hall–Kier alpha value is -0.780. The van der Waals surface area contributed by atoms with Gasteiger partial charge < -0.3 is 0 Å². The maximum atomic E-state index is 12.4. The van der Waals surface area contributed by atoms with Crippen molar-refractivity contribution >= 4 is 12.6 Å². The van der Waals surface area contributed by atoms with E-state index in [1.165, 1.54) is 0 Å². The summed E-state index contributed by atoms with van der Waals surface area (Å²) in [5.41, 5.74) is -1.11. The zero-order chi connectivity index (χ0) is 9.35. The Bertz CT molecular complexity index is 296. The van der Waals surface area contributed by atoms with Crippen LogP contribution < -0.4 is 0 Å². The summed E-state index contributed by atoms with van der Waals surface area (Å²) in [6.45, 7) is 0. The smallest absolute Gasteiger partial charge is 0.227 e. The van der Waals surface area contributed by atoms with E-state index in [-0.39, 0.29) is 0 Å². The van der Waals surface area contributed by atoms with Gasteiger partial charge >= 0.3 is 6.18 Å². The molecular formula is C6H3F4NS. The lowest BCUT2D eigenvalue weighted by Gasteiger charge is -2.08. The van der Waals surface area contributed by atoms with Crippen molar-refractivity contribution in [3.63, 3.8) is 0 Å². The molecule has 0 bridgehead atoms. The fourth-order valence-electron chi connectivity index (χ4n) is 0.657. The highest BCUT2D eigenvalue weighted by molar-refractivity contribution is 7.80. The second kappa shape index (κ2) is 2.93. The van der Waals surface area contributed by atoms with Crippen molar-refractivity contribution in [2.45, 2.75) is 11.1 Å². The molecule has 0 radical (unpaired) electrons. The quantitative estimate of drug-likeness (QED) is 0.383. The van der Waals surface area contributed by atoms with E-state index in [2.05, 4.69) is 17.6 Å². The average molecular weight is 197 g/mol. The summed E-state index contributed by atoms with van der Waals surface area (Å²) in [7, 11) is 0. The maximum Gasteiger partial charge on any atom is 0.417 e. The van der Waals surface area contributed by atoms with Crippen molar-refractivity contribution in [3.8, 4) is 0 Å². The molecule has 0 aliphatic heterocycles. The number of hydrogen-bond acceptors (Lipinski definition) is 2. The van der Waals surface area contributed by atoms with E-state index in [4.69, 9.17) is 0 Å². The molecule has 1 aromatic rings. The number of rotatable bonds is 0. The van der Waals surface area contributed by atoms with Gasteiger partial charge in [0.05, 0.1) is 10.5 Å². The number of thiol groups is 1. The number of pyridine rings is 1. The van der Waals surface area contributed by atoms with Crippen molar-refractivity contribution in [2.24, 2.45) is 0 Å². The highest BCUT2D eigenvalue weighted by atomic mass is 32.1. The molecule has 0 amide bonds. The Kier molecular flexibility index (Phi) is 2.27. The maximum absolute atomic E-state index is 12.4. The van der Waals surface area contributed by atoms with Crippen LogP contribution in [0.4, 0.5) is 17.6 Å². The molecule has 0 aliphatic rings. The van der Waals surface area contributed by atoms with Crippen molar-refractivity contribution in [3.05, 3.63) is 23.8 Å². The van der Waals surface area contributed by atoms with Crippen molar-refractivity contribution in [1.82, 2.24) is 4.98 Å². The third-order valence-corrected chi connectivity index (χ3v) is 1.61. The summed E-state index contributed by atoms with van der Waals surface area (Å²) < 4.78 is 48.4. The van der Waals surface area contributed by atoms with Gasteiger partial charge in [0, 0.05) is 6.20 Å². The van der Waals surface area contributed by atoms with Crippen LogP contribution >= 0.6 is 12.6 Å². The topological polar surface area (TPSA) is 12.9 Å². The second-order valence-electron chi connectivity index (χ2n) is 2.00. The average Bonchev–Trinajstić information content (AvgIpc) is 1.92. The Balaban J connectivity index is 3.26. The minimum Gasteiger partial charge on any atom is -0.227 e. The van der Waals surface area contributed by atoms with Gasteiger partial charge in [-0.15, -0.1) is 12.6 Å². The summed E-state index contributed by atoms with van der Waals surface area (Å²) >= 11 is 3.35. The number of hydrogen-bond donors (Lipinski definition) is 1.